The standard InChI is InChI=1S/C16H20N2O2/c1-13-18-15(12-20-13)9-10-16(19)17-11-5-8-14-6-3-2-4-7-14/h2-4,6-7,12H,5,8-11H2,1H3,(H,17,19). The fourth-order valence-corrected chi connectivity index (χ4v) is 2.02. The van der Waals surface area contributed by atoms with E-state index >= 15 is 0 Å². The molecule has 0 aliphatic heterocycles. The van der Waals surface area contributed by atoms with Gasteiger partial charge in [-0.2, -0.15) is 0 Å². The molecular formula is C16H20N2O2. The van der Waals surface area contributed by atoms with Crippen molar-refractivity contribution in [2.24, 2.45) is 0 Å². The van der Waals surface area contributed by atoms with Crippen LogP contribution in [0, 0.1) is 6.92 Å². The predicted octanol–water partition coefficient (Wildman–Crippen LogP) is 2.66. The Kier molecular flexibility index (Phi) is 5.35. The summed E-state index contributed by atoms with van der Waals surface area (Å²) in [5.41, 5.74) is 2.14. The highest BCUT2D eigenvalue weighted by Gasteiger charge is 2.04. The van der Waals surface area contributed by atoms with Gasteiger partial charge in [0.15, 0.2) is 5.89 Å². The van der Waals surface area contributed by atoms with E-state index in [9.17, 15) is 4.79 Å². The molecule has 0 saturated carbocycles. The minimum atomic E-state index is 0.0683. The fourth-order valence-electron chi connectivity index (χ4n) is 2.02. The van der Waals surface area contributed by atoms with E-state index < -0.39 is 0 Å². The minimum absolute atomic E-state index is 0.0683. The topological polar surface area (TPSA) is 55.1 Å². The minimum Gasteiger partial charge on any atom is -0.449 e. The van der Waals surface area contributed by atoms with Gasteiger partial charge in [0.05, 0.1) is 5.69 Å². The highest BCUT2D eigenvalue weighted by atomic mass is 16.3. The van der Waals surface area contributed by atoms with Gasteiger partial charge in [0.25, 0.3) is 0 Å². The van der Waals surface area contributed by atoms with E-state index in [0.717, 1.165) is 18.5 Å². The Hall–Kier alpha value is -2.10. The number of benzene rings is 1. The molecule has 1 N–H and O–H groups in total. The predicted molar refractivity (Wildman–Crippen MR) is 77.3 cm³/mol. The first kappa shape index (κ1) is 14.3. The lowest BCUT2D eigenvalue weighted by atomic mass is 10.1. The number of nitrogens with zero attached hydrogens (tertiary/aromatic N) is 1. The summed E-state index contributed by atoms with van der Waals surface area (Å²) in [6.07, 6.45) is 4.64. The van der Waals surface area contributed by atoms with Gasteiger partial charge >= 0.3 is 0 Å². The molecule has 4 nitrogen and oxygen atoms in total. The zero-order valence-electron chi connectivity index (χ0n) is 11.8. The first-order chi connectivity index (χ1) is 9.74. The molecular weight excluding hydrogens is 252 g/mol. The van der Waals surface area contributed by atoms with Crippen molar-refractivity contribution in [3.05, 3.63) is 53.7 Å². The molecule has 2 aromatic rings. The summed E-state index contributed by atoms with van der Waals surface area (Å²) >= 11 is 0. The summed E-state index contributed by atoms with van der Waals surface area (Å²) in [6.45, 7) is 2.51. The first-order valence-corrected chi connectivity index (χ1v) is 6.95. The first-order valence-electron chi connectivity index (χ1n) is 6.95. The quantitative estimate of drug-likeness (QED) is 0.788. The highest BCUT2D eigenvalue weighted by Crippen LogP contribution is 2.04. The Morgan fingerprint density at radius 1 is 1.25 bits per heavy atom. The molecule has 0 bridgehead atoms. The van der Waals surface area contributed by atoms with Crippen LogP contribution in [0.4, 0.5) is 0 Å². The van der Waals surface area contributed by atoms with Crippen LogP contribution in [0.15, 0.2) is 41.0 Å². The fraction of sp³-hybridized carbons (Fsp3) is 0.375. The molecule has 20 heavy (non-hydrogen) atoms. The summed E-state index contributed by atoms with van der Waals surface area (Å²) in [5.74, 6) is 0.710. The maximum atomic E-state index is 11.7. The van der Waals surface area contributed by atoms with Gasteiger partial charge in [0.2, 0.25) is 5.91 Å². The third-order valence-corrected chi connectivity index (χ3v) is 3.08. The van der Waals surface area contributed by atoms with E-state index in [1.54, 1.807) is 13.2 Å². The smallest absolute Gasteiger partial charge is 0.220 e. The van der Waals surface area contributed by atoms with Crippen LogP contribution in [0.2, 0.25) is 0 Å². The molecule has 1 aromatic heterocycles. The van der Waals surface area contributed by atoms with Gasteiger partial charge < -0.3 is 9.73 Å². The maximum absolute atomic E-state index is 11.7. The number of hydrogen-bond acceptors (Lipinski definition) is 3. The average Bonchev–Trinajstić information content (AvgIpc) is 2.88. The van der Waals surface area contributed by atoms with E-state index in [-0.39, 0.29) is 5.91 Å². The monoisotopic (exact) mass is 272 g/mol. The van der Waals surface area contributed by atoms with E-state index in [1.165, 1.54) is 5.56 Å². The summed E-state index contributed by atoms with van der Waals surface area (Å²) < 4.78 is 5.10. The van der Waals surface area contributed by atoms with Crippen LogP contribution in [0.1, 0.15) is 30.0 Å². The molecule has 0 unspecified atom stereocenters. The van der Waals surface area contributed by atoms with Gasteiger partial charge in [0, 0.05) is 26.3 Å². The van der Waals surface area contributed by atoms with E-state index in [1.807, 2.05) is 18.2 Å². The molecule has 2 rings (SSSR count). The lowest BCUT2D eigenvalue weighted by Gasteiger charge is -2.04. The van der Waals surface area contributed by atoms with Gasteiger partial charge in [0.1, 0.15) is 6.26 Å². The molecule has 1 aromatic carbocycles. The molecule has 0 aliphatic carbocycles. The normalized spacial score (nSPS) is 10.4. The lowest BCUT2D eigenvalue weighted by Crippen LogP contribution is -2.25. The number of rotatable bonds is 7. The van der Waals surface area contributed by atoms with Gasteiger partial charge in [-0.3, -0.25) is 4.79 Å². The number of carbonyl (C=O) groups is 1. The third-order valence-electron chi connectivity index (χ3n) is 3.08. The van der Waals surface area contributed by atoms with E-state index in [0.29, 0.717) is 25.3 Å². The van der Waals surface area contributed by atoms with Crippen LogP contribution in [-0.4, -0.2) is 17.4 Å². The zero-order chi connectivity index (χ0) is 14.2. The number of hydrogen-bond donors (Lipinski definition) is 1. The van der Waals surface area contributed by atoms with Crippen molar-refractivity contribution in [3.63, 3.8) is 0 Å². The van der Waals surface area contributed by atoms with Crippen molar-refractivity contribution in [1.82, 2.24) is 10.3 Å². The van der Waals surface area contributed by atoms with Crippen LogP contribution in [-0.2, 0) is 17.6 Å². The molecule has 0 radical (unpaired) electrons. The van der Waals surface area contributed by atoms with Crippen molar-refractivity contribution >= 4 is 5.91 Å². The van der Waals surface area contributed by atoms with Crippen molar-refractivity contribution in [1.29, 1.82) is 0 Å². The number of carbonyl (C=O) groups excluding carboxylic acids is 1. The average molecular weight is 272 g/mol. The maximum Gasteiger partial charge on any atom is 0.220 e. The zero-order valence-corrected chi connectivity index (χ0v) is 11.8. The van der Waals surface area contributed by atoms with Crippen LogP contribution in [0.3, 0.4) is 0 Å². The van der Waals surface area contributed by atoms with Crippen molar-refractivity contribution in [2.75, 3.05) is 6.54 Å². The Balaban J connectivity index is 1.58. The number of amides is 1. The molecule has 1 amide bonds. The van der Waals surface area contributed by atoms with Gasteiger partial charge in [-0.15, -0.1) is 0 Å². The number of oxazole rings is 1. The largest absolute Gasteiger partial charge is 0.449 e. The van der Waals surface area contributed by atoms with Crippen LogP contribution in [0.25, 0.3) is 0 Å². The second kappa shape index (κ2) is 7.48. The summed E-state index contributed by atoms with van der Waals surface area (Å²) in [5, 5.41) is 2.93. The molecule has 1 heterocycles. The van der Waals surface area contributed by atoms with Crippen molar-refractivity contribution in [3.8, 4) is 0 Å². The SMILES string of the molecule is Cc1nc(CCC(=O)NCCCc2ccccc2)co1. The van der Waals surface area contributed by atoms with E-state index in [2.05, 4.69) is 22.4 Å². The van der Waals surface area contributed by atoms with Crippen LogP contribution >= 0.6 is 0 Å². The Labute approximate surface area is 119 Å². The highest BCUT2D eigenvalue weighted by molar-refractivity contribution is 5.76. The van der Waals surface area contributed by atoms with E-state index in [4.69, 9.17) is 4.42 Å². The molecule has 0 fully saturated rings. The summed E-state index contributed by atoms with van der Waals surface area (Å²) in [7, 11) is 0. The summed E-state index contributed by atoms with van der Waals surface area (Å²) in [6, 6.07) is 10.3. The molecule has 4 heteroatoms. The summed E-state index contributed by atoms with van der Waals surface area (Å²) in [4.78, 5) is 15.8. The third kappa shape index (κ3) is 4.88. The Morgan fingerprint density at radius 3 is 2.75 bits per heavy atom. The van der Waals surface area contributed by atoms with Crippen molar-refractivity contribution < 1.29 is 9.21 Å². The second-order valence-electron chi connectivity index (χ2n) is 4.80. The Bertz CT molecular complexity index is 534. The van der Waals surface area contributed by atoms with Gasteiger partial charge in [-0.1, -0.05) is 30.3 Å². The van der Waals surface area contributed by atoms with Crippen LogP contribution in [0.5, 0.6) is 0 Å². The van der Waals surface area contributed by atoms with Gasteiger partial charge in [-0.25, -0.2) is 4.98 Å². The molecule has 0 spiro atoms. The van der Waals surface area contributed by atoms with Crippen molar-refractivity contribution in [2.45, 2.75) is 32.6 Å². The Morgan fingerprint density at radius 2 is 2.05 bits per heavy atom. The number of nitrogens with one attached hydrogen (secondary N) is 1. The molecule has 0 aliphatic rings. The molecule has 0 atom stereocenters. The molecule has 0 saturated heterocycles. The van der Waals surface area contributed by atoms with Crippen LogP contribution < -0.4 is 5.32 Å². The second-order valence-corrected chi connectivity index (χ2v) is 4.80. The number of aryl methyl sites for hydroxylation is 3. The van der Waals surface area contributed by atoms with Gasteiger partial charge in [-0.05, 0) is 18.4 Å². The number of aromatic nitrogens is 1. The molecule has 106 valence electrons. The lowest BCUT2D eigenvalue weighted by molar-refractivity contribution is -0.121.